The number of amides is 2. The molecule has 2 aromatic rings. The number of nitrogens with zero attached hydrogens (tertiary/aromatic N) is 3. The summed E-state index contributed by atoms with van der Waals surface area (Å²) in [7, 11) is 3.61. The summed E-state index contributed by atoms with van der Waals surface area (Å²) in [5.74, 6) is 0.811. The molecule has 158 valence electrons. The Kier molecular flexibility index (Phi) is 7.52. The molecule has 0 unspecified atom stereocenters. The molecular formula is C22H31N3O4. The van der Waals surface area contributed by atoms with Crippen molar-refractivity contribution in [1.82, 2.24) is 14.4 Å². The molecule has 0 aliphatic heterocycles. The zero-order valence-electron chi connectivity index (χ0n) is 17.4. The fourth-order valence-electron chi connectivity index (χ4n) is 3.52. The first kappa shape index (κ1) is 21.2. The van der Waals surface area contributed by atoms with Crippen LogP contribution in [0.25, 0.3) is 0 Å². The molecule has 0 radical (unpaired) electrons. The molecule has 2 amide bonds. The highest BCUT2D eigenvalue weighted by molar-refractivity contribution is 5.86. The predicted molar refractivity (Wildman–Crippen MR) is 109 cm³/mol. The lowest BCUT2D eigenvalue weighted by Gasteiger charge is -2.33. The van der Waals surface area contributed by atoms with Gasteiger partial charge in [-0.3, -0.25) is 9.59 Å². The number of hydrogen-bond acceptors (Lipinski definition) is 4. The van der Waals surface area contributed by atoms with Crippen molar-refractivity contribution < 1.29 is 18.7 Å². The minimum atomic E-state index is -0.0762. The molecule has 2 heterocycles. The molecule has 3 rings (SSSR count). The van der Waals surface area contributed by atoms with Gasteiger partial charge in [0.1, 0.15) is 5.76 Å². The van der Waals surface area contributed by atoms with Gasteiger partial charge in [-0.2, -0.15) is 0 Å². The van der Waals surface area contributed by atoms with Gasteiger partial charge in [-0.15, -0.1) is 0 Å². The molecule has 29 heavy (non-hydrogen) atoms. The van der Waals surface area contributed by atoms with Gasteiger partial charge in [-0.25, -0.2) is 0 Å². The van der Waals surface area contributed by atoms with E-state index in [0.29, 0.717) is 26.2 Å². The van der Waals surface area contributed by atoms with E-state index in [1.54, 1.807) is 23.2 Å². The van der Waals surface area contributed by atoms with Crippen LogP contribution in [0.5, 0.6) is 0 Å². The number of hydrogen-bond donors (Lipinski definition) is 0. The maximum absolute atomic E-state index is 13.2. The third-order valence-corrected chi connectivity index (χ3v) is 5.55. The van der Waals surface area contributed by atoms with Crippen LogP contribution in [0.1, 0.15) is 37.1 Å². The number of furan rings is 1. The van der Waals surface area contributed by atoms with Crippen molar-refractivity contribution >= 4 is 11.8 Å². The molecule has 0 N–H and O–H groups in total. The lowest BCUT2D eigenvalue weighted by molar-refractivity contribution is -0.145. The van der Waals surface area contributed by atoms with Crippen LogP contribution < -0.4 is 0 Å². The number of aromatic nitrogens is 1. The van der Waals surface area contributed by atoms with Crippen LogP contribution in [0.2, 0.25) is 0 Å². The lowest BCUT2D eigenvalue weighted by Crippen LogP contribution is -2.46. The van der Waals surface area contributed by atoms with E-state index in [9.17, 15) is 9.59 Å². The summed E-state index contributed by atoms with van der Waals surface area (Å²) in [4.78, 5) is 29.6. The number of rotatable bonds is 11. The van der Waals surface area contributed by atoms with Crippen molar-refractivity contribution in [3.05, 3.63) is 48.2 Å². The Balaban J connectivity index is 1.70. The minimum Gasteiger partial charge on any atom is -0.467 e. The zero-order valence-corrected chi connectivity index (χ0v) is 17.4. The molecule has 1 aliphatic rings. The second-order valence-electron chi connectivity index (χ2n) is 7.67. The van der Waals surface area contributed by atoms with Crippen LogP contribution in [-0.4, -0.2) is 53.0 Å². The monoisotopic (exact) mass is 401 g/mol. The maximum atomic E-state index is 13.2. The number of aryl methyl sites for hydroxylation is 1. The summed E-state index contributed by atoms with van der Waals surface area (Å²) in [5, 5.41) is 0. The largest absolute Gasteiger partial charge is 0.467 e. The molecule has 1 aliphatic carbocycles. The van der Waals surface area contributed by atoms with Gasteiger partial charge in [0.05, 0.1) is 25.9 Å². The minimum absolute atomic E-state index is 0.0664. The molecule has 1 saturated carbocycles. The third kappa shape index (κ3) is 5.73. The van der Waals surface area contributed by atoms with Crippen LogP contribution in [0.4, 0.5) is 0 Å². The van der Waals surface area contributed by atoms with Crippen LogP contribution in [-0.2, 0) is 34.5 Å². The predicted octanol–water partition coefficient (Wildman–Crippen LogP) is 2.81. The summed E-state index contributed by atoms with van der Waals surface area (Å²) < 4.78 is 12.6. The fraction of sp³-hybridized carbons (Fsp3) is 0.545. The van der Waals surface area contributed by atoms with Crippen LogP contribution in [0.3, 0.4) is 0 Å². The van der Waals surface area contributed by atoms with Gasteiger partial charge in [0, 0.05) is 45.1 Å². The average molecular weight is 402 g/mol. The van der Waals surface area contributed by atoms with Crippen molar-refractivity contribution in [2.75, 3.05) is 26.8 Å². The molecule has 0 bridgehead atoms. The van der Waals surface area contributed by atoms with Gasteiger partial charge in [-0.05, 0) is 43.5 Å². The fourth-order valence-corrected chi connectivity index (χ4v) is 3.52. The zero-order chi connectivity index (χ0) is 20.6. The summed E-state index contributed by atoms with van der Waals surface area (Å²) in [5.41, 5.74) is 1.03. The summed E-state index contributed by atoms with van der Waals surface area (Å²) in [6, 6.07) is 7.64. The molecule has 1 fully saturated rings. The smallest absolute Gasteiger partial charge is 0.242 e. The van der Waals surface area contributed by atoms with E-state index in [1.165, 1.54) is 0 Å². The SMILES string of the molecule is COCCCN(CC(=O)N(Cc1ccco1)Cc1cccn1C)C(=O)C1CCC1. The molecule has 2 aromatic heterocycles. The van der Waals surface area contributed by atoms with E-state index in [4.69, 9.17) is 9.15 Å². The highest BCUT2D eigenvalue weighted by Crippen LogP contribution is 2.28. The van der Waals surface area contributed by atoms with Crippen molar-refractivity contribution in [2.24, 2.45) is 13.0 Å². The normalized spacial score (nSPS) is 13.9. The highest BCUT2D eigenvalue weighted by Gasteiger charge is 2.31. The Bertz CT molecular complexity index is 780. The van der Waals surface area contributed by atoms with E-state index in [2.05, 4.69) is 0 Å². The third-order valence-electron chi connectivity index (χ3n) is 5.55. The van der Waals surface area contributed by atoms with Crippen molar-refractivity contribution in [1.29, 1.82) is 0 Å². The van der Waals surface area contributed by atoms with Crippen LogP contribution in [0, 0.1) is 5.92 Å². The Labute approximate surface area is 172 Å². The second-order valence-corrected chi connectivity index (χ2v) is 7.67. The molecule has 0 aromatic carbocycles. The number of ether oxygens (including phenoxy) is 1. The lowest BCUT2D eigenvalue weighted by atomic mass is 9.84. The summed E-state index contributed by atoms with van der Waals surface area (Å²) in [6.07, 6.45) is 7.23. The number of carbonyl (C=O) groups excluding carboxylic acids is 2. The first-order valence-corrected chi connectivity index (χ1v) is 10.3. The first-order valence-electron chi connectivity index (χ1n) is 10.3. The summed E-state index contributed by atoms with van der Waals surface area (Å²) in [6.45, 7) is 2.03. The standard InChI is InChI=1S/C22H31N3O4/c1-23-11-4-9-19(23)15-25(16-20-10-5-14-29-20)21(26)17-24(12-6-13-28-2)22(27)18-7-3-8-18/h4-5,9-11,14,18H,3,6-8,12-13,15-17H2,1-2H3. The van der Waals surface area contributed by atoms with Crippen LogP contribution in [0.15, 0.2) is 41.1 Å². The van der Waals surface area contributed by atoms with E-state index in [1.807, 2.05) is 42.1 Å². The first-order chi connectivity index (χ1) is 14.1. The molecule has 7 heteroatoms. The Morgan fingerprint density at radius 3 is 2.62 bits per heavy atom. The maximum Gasteiger partial charge on any atom is 0.242 e. The topological polar surface area (TPSA) is 67.9 Å². The number of methoxy groups -OCH3 is 1. The van der Waals surface area contributed by atoms with Gasteiger partial charge >= 0.3 is 0 Å². The van der Waals surface area contributed by atoms with Gasteiger partial charge in [-0.1, -0.05) is 6.42 Å². The highest BCUT2D eigenvalue weighted by atomic mass is 16.5. The summed E-state index contributed by atoms with van der Waals surface area (Å²) >= 11 is 0. The van der Waals surface area contributed by atoms with Gasteiger partial charge < -0.3 is 23.5 Å². The van der Waals surface area contributed by atoms with Gasteiger partial charge in [0.15, 0.2) is 0 Å². The van der Waals surface area contributed by atoms with Gasteiger partial charge in [0.2, 0.25) is 11.8 Å². The van der Waals surface area contributed by atoms with E-state index in [0.717, 1.165) is 37.1 Å². The van der Waals surface area contributed by atoms with Crippen molar-refractivity contribution in [2.45, 2.75) is 38.8 Å². The van der Waals surface area contributed by atoms with E-state index < -0.39 is 0 Å². The number of carbonyl (C=O) groups is 2. The van der Waals surface area contributed by atoms with Crippen LogP contribution >= 0.6 is 0 Å². The molecule has 7 nitrogen and oxygen atoms in total. The Morgan fingerprint density at radius 1 is 1.21 bits per heavy atom. The molecular weight excluding hydrogens is 370 g/mol. The van der Waals surface area contributed by atoms with E-state index in [-0.39, 0.29) is 24.3 Å². The van der Waals surface area contributed by atoms with E-state index >= 15 is 0 Å². The average Bonchev–Trinajstić information content (AvgIpc) is 3.31. The molecule has 0 atom stereocenters. The van der Waals surface area contributed by atoms with Crippen molar-refractivity contribution in [3.63, 3.8) is 0 Å². The van der Waals surface area contributed by atoms with Crippen molar-refractivity contribution in [3.8, 4) is 0 Å². The second kappa shape index (κ2) is 10.3. The van der Waals surface area contributed by atoms with Gasteiger partial charge in [0.25, 0.3) is 0 Å². The molecule has 0 spiro atoms. The quantitative estimate of drug-likeness (QED) is 0.543. The Hall–Kier alpha value is -2.54. The Morgan fingerprint density at radius 2 is 2.03 bits per heavy atom. The molecule has 0 saturated heterocycles.